The summed E-state index contributed by atoms with van der Waals surface area (Å²) < 4.78 is 0. The first-order chi connectivity index (χ1) is 11.0. The molecular weight excluding hydrogens is 310 g/mol. The minimum Gasteiger partial charge on any atom is -0.151 e. The van der Waals surface area contributed by atoms with Crippen LogP contribution in [-0.4, -0.2) is 26.2 Å². The van der Waals surface area contributed by atoms with Gasteiger partial charge in [0.15, 0.2) is 0 Å². The number of hydrogen-bond acceptors (Lipinski definition) is 6. The number of nitrogens with zero attached hydrogens (tertiary/aromatic N) is 3. The second-order valence-electron chi connectivity index (χ2n) is 7.07. The molecule has 6 nitrogen and oxygen atoms in total. The Morgan fingerprint density at radius 1 is 0.652 bits per heavy atom. The van der Waals surface area contributed by atoms with Crippen LogP contribution < -0.4 is 0 Å². The van der Waals surface area contributed by atoms with Crippen LogP contribution in [0.3, 0.4) is 0 Å². The molecule has 0 saturated heterocycles. The number of hydrogen-bond donors (Lipinski definition) is 0. The first-order valence-corrected chi connectivity index (χ1v) is 12.1. The van der Waals surface area contributed by atoms with E-state index in [2.05, 4.69) is 22.1 Å². The molecule has 0 aromatic rings. The minimum atomic E-state index is -1.99. The van der Waals surface area contributed by atoms with Crippen molar-refractivity contribution < 1.29 is 0 Å². The van der Waals surface area contributed by atoms with Gasteiger partial charge in [0.25, 0.3) is 0 Å². The average Bonchev–Trinajstić information content (AvgIpc) is 2.53. The van der Waals surface area contributed by atoms with Gasteiger partial charge in [0.2, 0.25) is 0 Å². The lowest BCUT2D eigenvalue weighted by Gasteiger charge is -2.32. The average molecular weight is 344 g/mol. The Bertz CT molecular complexity index is 305. The third kappa shape index (κ3) is 9.03. The molecule has 0 aliphatic rings. The first-order valence-electron chi connectivity index (χ1n) is 8.95. The molecule has 7 heteroatoms. The van der Waals surface area contributed by atoms with E-state index < -0.39 is 8.07 Å². The predicted molar refractivity (Wildman–Crippen MR) is 99.5 cm³/mol. The second-order valence-corrected chi connectivity index (χ2v) is 11.9. The van der Waals surface area contributed by atoms with E-state index in [1.807, 2.05) is 20.8 Å². The lowest BCUT2D eigenvalue weighted by Crippen LogP contribution is -2.40. The van der Waals surface area contributed by atoms with Crippen molar-refractivity contribution in [3.63, 3.8) is 0 Å². The lowest BCUT2D eigenvalue weighted by molar-refractivity contribution is 0.597. The maximum Gasteiger partial charge on any atom is 0.0896 e. The maximum atomic E-state index is 11.1. The third-order valence-electron chi connectivity index (χ3n) is 4.50. The second kappa shape index (κ2) is 12.4. The molecule has 3 unspecified atom stereocenters. The molecular formula is C16H33N3O3Si. The molecule has 0 amide bonds. The summed E-state index contributed by atoms with van der Waals surface area (Å²) in [5, 5.41) is 9.86. The van der Waals surface area contributed by atoms with Gasteiger partial charge in [-0.25, -0.2) is 0 Å². The van der Waals surface area contributed by atoms with Crippen LogP contribution in [-0.2, 0) is 0 Å². The highest BCUT2D eigenvalue weighted by Gasteiger charge is 2.36. The van der Waals surface area contributed by atoms with Gasteiger partial charge in [-0.15, -0.1) is 0 Å². The van der Waals surface area contributed by atoms with E-state index in [1.54, 1.807) is 0 Å². The molecule has 0 spiro atoms. The van der Waals surface area contributed by atoms with Gasteiger partial charge in [-0.1, -0.05) is 62.1 Å². The third-order valence-corrected chi connectivity index (χ3v) is 8.87. The Kier molecular flexibility index (Phi) is 11.9. The normalized spacial score (nSPS) is 17.7. The zero-order valence-corrected chi connectivity index (χ0v) is 16.2. The van der Waals surface area contributed by atoms with Crippen LogP contribution in [0.4, 0.5) is 0 Å². The van der Waals surface area contributed by atoms with Crippen molar-refractivity contribution in [2.24, 2.45) is 15.5 Å². The van der Waals surface area contributed by atoms with Crippen LogP contribution in [0.1, 0.15) is 59.3 Å². The van der Waals surface area contributed by atoms with Crippen molar-refractivity contribution in [1.82, 2.24) is 0 Å². The summed E-state index contributed by atoms with van der Waals surface area (Å²) in [6, 6.07) is 1.57. The van der Waals surface area contributed by atoms with Crippen LogP contribution in [0.5, 0.6) is 0 Å². The van der Waals surface area contributed by atoms with Crippen molar-refractivity contribution in [3.05, 3.63) is 14.7 Å². The van der Waals surface area contributed by atoms with Gasteiger partial charge < -0.3 is 0 Å². The largest absolute Gasteiger partial charge is 0.151 e. The van der Waals surface area contributed by atoms with Crippen molar-refractivity contribution in [3.8, 4) is 0 Å². The quantitative estimate of drug-likeness (QED) is 0.275. The van der Waals surface area contributed by atoms with E-state index in [-0.39, 0.29) is 18.1 Å². The molecule has 0 N–H and O–H groups in total. The molecule has 134 valence electrons. The molecule has 0 saturated carbocycles. The Morgan fingerprint density at radius 3 is 1.09 bits per heavy atom. The van der Waals surface area contributed by atoms with Crippen molar-refractivity contribution in [2.45, 2.75) is 102 Å². The van der Waals surface area contributed by atoms with Crippen molar-refractivity contribution >= 4 is 8.07 Å². The van der Waals surface area contributed by atoms with Crippen molar-refractivity contribution in [1.29, 1.82) is 0 Å². The van der Waals surface area contributed by atoms with E-state index in [9.17, 15) is 14.7 Å². The van der Waals surface area contributed by atoms with Gasteiger partial charge in [-0.2, -0.15) is 14.7 Å². The van der Waals surface area contributed by atoms with Gasteiger partial charge in [-0.3, -0.25) is 0 Å². The summed E-state index contributed by atoms with van der Waals surface area (Å²) in [5.41, 5.74) is 0. The maximum absolute atomic E-state index is 11.1. The highest BCUT2D eigenvalue weighted by molar-refractivity contribution is 6.79. The van der Waals surface area contributed by atoms with E-state index in [1.165, 1.54) is 0 Å². The first kappa shape index (κ1) is 22.0. The van der Waals surface area contributed by atoms with Gasteiger partial charge in [0.1, 0.15) is 0 Å². The molecule has 23 heavy (non-hydrogen) atoms. The fraction of sp³-hybridized carbons (Fsp3) is 1.00. The number of nitroso groups, excluding NO2 is 3. The predicted octanol–water partition coefficient (Wildman–Crippen LogP) is 5.87. The summed E-state index contributed by atoms with van der Waals surface area (Å²) in [6.45, 7) is 8.30. The van der Waals surface area contributed by atoms with E-state index in [0.717, 1.165) is 56.7 Å². The Morgan fingerprint density at radius 2 is 0.913 bits per heavy atom. The Hall–Kier alpha value is -0.983. The SMILES string of the molecule is CCCC(C[Si](C)(CC(CCC)N=O)CC(CCC)N=O)N=O. The zero-order valence-electron chi connectivity index (χ0n) is 15.2. The summed E-state index contributed by atoms with van der Waals surface area (Å²) >= 11 is 0. The monoisotopic (exact) mass is 343 g/mol. The van der Waals surface area contributed by atoms with Crippen LogP contribution in [0.2, 0.25) is 24.7 Å². The molecule has 0 aliphatic heterocycles. The van der Waals surface area contributed by atoms with Crippen LogP contribution in [0.25, 0.3) is 0 Å². The fourth-order valence-corrected chi connectivity index (χ4v) is 8.28. The Balaban J connectivity index is 5.16. The van der Waals surface area contributed by atoms with Gasteiger partial charge in [0.05, 0.1) is 26.2 Å². The molecule has 0 aromatic heterocycles. The summed E-state index contributed by atoms with van der Waals surface area (Å²) in [6.07, 6.45) is 5.05. The molecule has 3 atom stereocenters. The van der Waals surface area contributed by atoms with Crippen LogP contribution in [0.15, 0.2) is 15.5 Å². The van der Waals surface area contributed by atoms with Gasteiger partial charge in [0, 0.05) is 0 Å². The highest BCUT2D eigenvalue weighted by Crippen LogP contribution is 2.32. The van der Waals surface area contributed by atoms with E-state index in [0.29, 0.717) is 0 Å². The van der Waals surface area contributed by atoms with Gasteiger partial charge in [-0.05, 0) is 37.4 Å². The van der Waals surface area contributed by atoms with Crippen molar-refractivity contribution in [2.75, 3.05) is 0 Å². The molecule has 0 bridgehead atoms. The molecule has 0 heterocycles. The minimum absolute atomic E-state index is 0.209. The number of rotatable bonds is 15. The summed E-state index contributed by atoms with van der Waals surface area (Å²) in [5.74, 6) is 0. The molecule has 0 radical (unpaired) electrons. The van der Waals surface area contributed by atoms with E-state index in [4.69, 9.17) is 0 Å². The smallest absolute Gasteiger partial charge is 0.0896 e. The molecule has 0 aliphatic carbocycles. The van der Waals surface area contributed by atoms with E-state index >= 15 is 0 Å². The van der Waals surface area contributed by atoms with Crippen LogP contribution >= 0.6 is 0 Å². The molecule has 0 fully saturated rings. The molecule has 0 rings (SSSR count). The standard InChI is InChI=1S/C16H33N3O3Si/c1-5-8-14(17-20)11-23(4,12-15(18-21)9-6-2)13-16(19-22)10-7-3/h14-16H,5-13H2,1-4H3. The Labute approximate surface area is 141 Å². The summed E-state index contributed by atoms with van der Waals surface area (Å²) in [7, 11) is -1.99. The highest BCUT2D eigenvalue weighted by atomic mass is 28.3. The molecule has 0 aromatic carbocycles. The summed E-state index contributed by atoms with van der Waals surface area (Å²) in [4.78, 5) is 33.4. The fourth-order valence-electron chi connectivity index (χ4n) is 3.53. The lowest BCUT2D eigenvalue weighted by atomic mass is 10.2. The van der Waals surface area contributed by atoms with Crippen LogP contribution in [0, 0.1) is 14.7 Å². The zero-order chi connectivity index (χ0) is 17.7. The topological polar surface area (TPSA) is 88.3 Å². The van der Waals surface area contributed by atoms with Gasteiger partial charge >= 0.3 is 0 Å².